The molecule has 0 spiro atoms. The first-order valence-corrected chi connectivity index (χ1v) is 10.4. The predicted molar refractivity (Wildman–Crippen MR) is 122 cm³/mol. The molecule has 0 aliphatic heterocycles. The van der Waals surface area contributed by atoms with Crippen molar-refractivity contribution in [2.75, 3.05) is 20.8 Å². The summed E-state index contributed by atoms with van der Waals surface area (Å²) in [6.07, 6.45) is 0. The third-order valence-corrected chi connectivity index (χ3v) is 4.87. The smallest absolute Gasteiger partial charge is 0.313 e. The Labute approximate surface area is 188 Å². The quantitative estimate of drug-likeness (QED) is 0.378. The molecular weight excluding hydrogens is 408 g/mol. The van der Waals surface area contributed by atoms with Crippen LogP contribution in [-0.2, 0) is 16.1 Å². The average molecular weight is 437 g/mol. The van der Waals surface area contributed by atoms with Crippen LogP contribution in [0.1, 0.15) is 30.9 Å². The van der Waals surface area contributed by atoms with Crippen molar-refractivity contribution in [2.24, 2.45) is 0 Å². The summed E-state index contributed by atoms with van der Waals surface area (Å²) < 4.78 is 28.1. The molecule has 0 aliphatic carbocycles. The standard InChI is InChI=1S/C26H28O6/c1-5-30-26(27)18(2)25-23(28-3)15-22(16-24(25)29-4)31-17-19-10-9-13-21(14-19)32-20-11-7-6-8-12-20/h6-16,18H,5,17H2,1-4H3. The summed E-state index contributed by atoms with van der Waals surface area (Å²) in [7, 11) is 3.09. The molecule has 32 heavy (non-hydrogen) atoms. The number of hydrogen-bond acceptors (Lipinski definition) is 6. The molecule has 0 fully saturated rings. The van der Waals surface area contributed by atoms with E-state index in [9.17, 15) is 4.79 Å². The molecule has 0 saturated heterocycles. The Morgan fingerprint density at radius 1 is 0.844 bits per heavy atom. The van der Waals surface area contributed by atoms with Crippen LogP contribution in [0, 0.1) is 0 Å². The zero-order chi connectivity index (χ0) is 22.9. The third kappa shape index (κ3) is 5.72. The van der Waals surface area contributed by atoms with Gasteiger partial charge < -0.3 is 23.7 Å². The molecule has 3 aromatic carbocycles. The van der Waals surface area contributed by atoms with Crippen molar-refractivity contribution in [2.45, 2.75) is 26.4 Å². The first-order valence-electron chi connectivity index (χ1n) is 10.4. The average Bonchev–Trinajstić information content (AvgIpc) is 2.82. The number of ether oxygens (including phenoxy) is 5. The molecule has 0 N–H and O–H groups in total. The molecule has 0 bridgehead atoms. The summed E-state index contributed by atoms with van der Waals surface area (Å²) in [6.45, 7) is 4.17. The molecule has 0 radical (unpaired) electrons. The lowest BCUT2D eigenvalue weighted by Crippen LogP contribution is -2.15. The number of benzene rings is 3. The number of hydrogen-bond donors (Lipinski definition) is 0. The number of carbonyl (C=O) groups is 1. The zero-order valence-electron chi connectivity index (χ0n) is 18.8. The molecule has 3 aromatic rings. The van der Waals surface area contributed by atoms with Crippen molar-refractivity contribution >= 4 is 5.97 Å². The fraction of sp³-hybridized carbons (Fsp3) is 0.269. The largest absolute Gasteiger partial charge is 0.496 e. The van der Waals surface area contributed by atoms with Crippen molar-refractivity contribution in [1.82, 2.24) is 0 Å². The van der Waals surface area contributed by atoms with Gasteiger partial charge in [0.1, 0.15) is 35.4 Å². The van der Waals surface area contributed by atoms with E-state index in [4.69, 9.17) is 23.7 Å². The van der Waals surface area contributed by atoms with E-state index in [0.29, 0.717) is 36.0 Å². The summed E-state index contributed by atoms with van der Waals surface area (Å²) in [4.78, 5) is 12.3. The van der Waals surface area contributed by atoms with E-state index in [1.54, 1.807) is 40.2 Å². The SMILES string of the molecule is CCOC(=O)C(C)c1c(OC)cc(OCc2cccc(Oc3ccccc3)c2)cc1OC. The Bertz CT molecular complexity index is 1010. The van der Waals surface area contributed by atoms with E-state index in [-0.39, 0.29) is 5.97 Å². The zero-order valence-corrected chi connectivity index (χ0v) is 18.8. The van der Waals surface area contributed by atoms with Crippen LogP contribution in [0.5, 0.6) is 28.7 Å². The minimum atomic E-state index is -0.541. The topological polar surface area (TPSA) is 63.2 Å². The molecule has 0 saturated carbocycles. The summed E-state index contributed by atoms with van der Waals surface area (Å²) in [5.74, 6) is 2.18. The van der Waals surface area contributed by atoms with Gasteiger partial charge in [-0.05, 0) is 43.7 Å². The van der Waals surface area contributed by atoms with Crippen molar-refractivity contribution in [3.8, 4) is 28.7 Å². The molecule has 0 heterocycles. The number of para-hydroxylation sites is 1. The maximum atomic E-state index is 12.3. The normalized spacial score (nSPS) is 11.4. The maximum absolute atomic E-state index is 12.3. The second kappa shape index (κ2) is 11.1. The third-order valence-electron chi connectivity index (χ3n) is 4.87. The van der Waals surface area contributed by atoms with Gasteiger partial charge in [0.15, 0.2) is 0 Å². The first kappa shape index (κ1) is 23.0. The monoisotopic (exact) mass is 436 g/mol. The lowest BCUT2D eigenvalue weighted by Gasteiger charge is -2.19. The minimum Gasteiger partial charge on any atom is -0.496 e. The molecule has 0 amide bonds. The Morgan fingerprint density at radius 3 is 2.12 bits per heavy atom. The van der Waals surface area contributed by atoms with E-state index in [0.717, 1.165) is 17.1 Å². The highest BCUT2D eigenvalue weighted by Crippen LogP contribution is 2.40. The van der Waals surface area contributed by atoms with E-state index in [1.807, 2.05) is 54.6 Å². The molecule has 0 aromatic heterocycles. The van der Waals surface area contributed by atoms with Gasteiger partial charge in [-0.15, -0.1) is 0 Å². The molecule has 1 unspecified atom stereocenters. The van der Waals surface area contributed by atoms with Crippen LogP contribution in [0.25, 0.3) is 0 Å². The van der Waals surface area contributed by atoms with Gasteiger partial charge in [0, 0.05) is 12.1 Å². The van der Waals surface area contributed by atoms with Gasteiger partial charge in [-0.3, -0.25) is 4.79 Å². The molecule has 6 nitrogen and oxygen atoms in total. The lowest BCUT2D eigenvalue weighted by molar-refractivity contribution is -0.144. The Kier molecular flexibility index (Phi) is 7.97. The first-order chi connectivity index (χ1) is 15.5. The van der Waals surface area contributed by atoms with E-state index in [2.05, 4.69) is 0 Å². The molecule has 6 heteroatoms. The van der Waals surface area contributed by atoms with Crippen LogP contribution in [0.3, 0.4) is 0 Å². The highest BCUT2D eigenvalue weighted by Gasteiger charge is 2.25. The van der Waals surface area contributed by atoms with Gasteiger partial charge in [0.2, 0.25) is 0 Å². The molecule has 168 valence electrons. The second-order valence-corrected chi connectivity index (χ2v) is 7.07. The summed E-state index contributed by atoms with van der Waals surface area (Å²) in [6, 6.07) is 20.8. The number of esters is 1. The van der Waals surface area contributed by atoms with Gasteiger partial charge in [0.05, 0.1) is 32.3 Å². The summed E-state index contributed by atoms with van der Waals surface area (Å²) >= 11 is 0. The highest BCUT2D eigenvalue weighted by molar-refractivity contribution is 5.80. The minimum absolute atomic E-state index is 0.308. The molecule has 0 aliphatic rings. The summed E-state index contributed by atoms with van der Waals surface area (Å²) in [5.41, 5.74) is 1.57. The van der Waals surface area contributed by atoms with Gasteiger partial charge in [-0.25, -0.2) is 0 Å². The van der Waals surface area contributed by atoms with Crippen LogP contribution in [-0.4, -0.2) is 26.8 Å². The van der Waals surface area contributed by atoms with E-state index >= 15 is 0 Å². The van der Waals surface area contributed by atoms with Crippen molar-refractivity contribution < 1.29 is 28.5 Å². The number of carbonyl (C=O) groups excluding carboxylic acids is 1. The van der Waals surface area contributed by atoms with Crippen LogP contribution in [0.15, 0.2) is 66.7 Å². The second-order valence-electron chi connectivity index (χ2n) is 7.07. The fourth-order valence-corrected chi connectivity index (χ4v) is 3.30. The number of rotatable bonds is 10. The van der Waals surface area contributed by atoms with Crippen LogP contribution < -0.4 is 18.9 Å². The van der Waals surface area contributed by atoms with E-state index in [1.165, 1.54) is 0 Å². The predicted octanol–water partition coefficient (Wildman–Crippen LogP) is 5.74. The van der Waals surface area contributed by atoms with Gasteiger partial charge in [0.25, 0.3) is 0 Å². The Balaban J connectivity index is 1.76. The number of methoxy groups -OCH3 is 2. The van der Waals surface area contributed by atoms with Gasteiger partial charge >= 0.3 is 5.97 Å². The van der Waals surface area contributed by atoms with Gasteiger partial charge in [-0.1, -0.05) is 30.3 Å². The van der Waals surface area contributed by atoms with Crippen molar-refractivity contribution in [3.05, 3.63) is 77.9 Å². The molecule has 1 atom stereocenters. The maximum Gasteiger partial charge on any atom is 0.313 e. The van der Waals surface area contributed by atoms with Crippen LogP contribution in [0.4, 0.5) is 0 Å². The highest BCUT2D eigenvalue weighted by atomic mass is 16.5. The molecule has 3 rings (SSSR count). The van der Waals surface area contributed by atoms with Crippen LogP contribution >= 0.6 is 0 Å². The van der Waals surface area contributed by atoms with E-state index < -0.39 is 5.92 Å². The summed E-state index contributed by atoms with van der Waals surface area (Å²) in [5, 5.41) is 0. The molecular formula is C26H28O6. The van der Waals surface area contributed by atoms with Crippen molar-refractivity contribution in [3.63, 3.8) is 0 Å². The lowest BCUT2D eigenvalue weighted by atomic mass is 9.98. The van der Waals surface area contributed by atoms with Crippen LogP contribution in [0.2, 0.25) is 0 Å². The van der Waals surface area contributed by atoms with Gasteiger partial charge in [-0.2, -0.15) is 0 Å². The fourth-order valence-electron chi connectivity index (χ4n) is 3.30. The Hall–Kier alpha value is -3.67. The van der Waals surface area contributed by atoms with Crippen molar-refractivity contribution in [1.29, 1.82) is 0 Å². The Morgan fingerprint density at radius 2 is 1.50 bits per heavy atom.